The van der Waals surface area contributed by atoms with Gasteiger partial charge < -0.3 is 18.1 Å². The molecule has 67 heavy (non-hydrogen) atoms. The van der Waals surface area contributed by atoms with Crippen molar-refractivity contribution in [1.29, 1.82) is 0 Å². The van der Waals surface area contributed by atoms with E-state index in [-0.39, 0.29) is 43.3 Å². The number of benzene rings is 2. The monoisotopic (exact) mass is 951 g/mol. The molecule has 6 rings (SSSR count). The molecular weight excluding hydrogens is 863 g/mol. The van der Waals surface area contributed by atoms with E-state index in [1.807, 2.05) is 0 Å². The lowest BCUT2D eigenvalue weighted by atomic mass is 9.72. The van der Waals surface area contributed by atoms with Crippen molar-refractivity contribution in [1.82, 2.24) is 0 Å². The zero-order chi connectivity index (χ0) is 50.7. The highest BCUT2D eigenvalue weighted by atomic mass is 31.2. The smallest absolute Gasteiger partial charge is 0.417 e. The van der Waals surface area contributed by atoms with Crippen LogP contribution >= 0.6 is 17.2 Å². The fraction of sp³-hybridized carbons (Fsp3) is 0.600. The molecule has 0 N–H and O–H groups in total. The van der Waals surface area contributed by atoms with Crippen LogP contribution in [0.15, 0.2) is 81.4 Å². The van der Waals surface area contributed by atoms with Crippen molar-refractivity contribution in [3.63, 3.8) is 0 Å². The molecule has 0 spiro atoms. The Bertz CT molecular complexity index is 2340. The van der Waals surface area contributed by atoms with Crippen LogP contribution in [0.4, 0.5) is 0 Å². The highest BCUT2D eigenvalue weighted by Crippen LogP contribution is 2.65. The third-order valence-electron chi connectivity index (χ3n) is 14.0. The van der Waals surface area contributed by atoms with Crippen LogP contribution in [0.2, 0.25) is 0 Å². The maximum atomic E-state index is 7.44. The highest BCUT2D eigenvalue weighted by molar-refractivity contribution is 7.56. The Kier molecular flexibility index (Phi) is 13.8. The summed E-state index contributed by atoms with van der Waals surface area (Å²) in [6.07, 6.45) is 6.30. The molecule has 0 saturated heterocycles. The molecule has 0 bridgehead atoms. The van der Waals surface area contributed by atoms with Crippen molar-refractivity contribution in [2.75, 3.05) is 0 Å². The third kappa shape index (κ3) is 11.1. The van der Waals surface area contributed by atoms with Crippen molar-refractivity contribution in [2.45, 2.75) is 215 Å². The van der Waals surface area contributed by atoms with Gasteiger partial charge in [0.1, 0.15) is 23.0 Å². The fourth-order valence-corrected chi connectivity index (χ4v) is 11.6. The van der Waals surface area contributed by atoms with Gasteiger partial charge in [-0.25, -0.2) is 0 Å². The Morgan fingerprint density at radius 2 is 0.701 bits per heavy atom. The maximum Gasteiger partial charge on any atom is 0.472 e. The number of hydrogen-bond donors (Lipinski definition) is 0. The number of rotatable bonds is 2. The molecule has 2 aromatic carbocycles. The summed E-state index contributed by atoms with van der Waals surface area (Å²) in [5.41, 5.74) is 15.3. The minimum atomic E-state index is -2.18. The van der Waals surface area contributed by atoms with Crippen LogP contribution in [0.3, 0.4) is 0 Å². The first-order chi connectivity index (χ1) is 30.1. The van der Waals surface area contributed by atoms with Crippen LogP contribution in [-0.2, 0) is 35.0 Å². The second-order valence-electron chi connectivity index (χ2n) is 28.1. The Hall–Kier alpha value is -3.10. The summed E-state index contributed by atoms with van der Waals surface area (Å²) in [6, 6.07) is 9.42. The van der Waals surface area contributed by atoms with E-state index in [1.54, 1.807) is 0 Å². The lowest BCUT2D eigenvalue weighted by molar-refractivity contribution is 0.276. The molecule has 0 radical (unpaired) electrons. The summed E-state index contributed by atoms with van der Waals surface area (Å²) in [7, 11) is -4.36. The first-order valence-electron chi connectivity index (χ1n) is 24.8. The molecule has 4 aliphatic rings. The number of fused-ring (bicyclic) bond motifs is 4. The van der Waals surface area contributed by atoms with Crippen molar-refractivity contribution in [3.05, 3.63) is 115 Å². The molecule has 2 aliphatic heterocycles. The predicted octanol–water partition coefficient (Wildman–Crippen LogP) is 19.8. The number of allylic oxidation sites excluding steroid dienone is 10. The van der Waals surface area contributed by atoms with Gasteiger partial charge in [0.2, 0.25) is 0 Å². The second-order valence-corrected chi connectivity index (χ2v) is 30.4. The van der Waals surface area contributed by atoms with E-state index in [2.05, 4.69) is 216 Å². The standard InChI is InChI=1S/C60H88O5P2/c1-35-41-27-37(53(3,4)5)31-45(57(15,16)17)49(41)61-66(62-50-42(35)28-38(54(6,7)8)32-46(50)58(18,19)20)65-67-63-51-43(29-39(55(9,10)11)33-47(51)59(21,22)23)36(2)44-30-40(56(12,13)14)34-48(52(44)64-67)60(24,25)26/h27,29,31-34H,28,30H2,1-26H3/b42-35-,44-36-. The van der Waals surface area contributed by atoms with Gasteiger partial charge in [0.25, 0.3) is 0 Å². The summed E-state index contributed by atoms with van der Waals surface area (Å²) in [6.45, 7) is 59.6. The fourth-order valence-electron chi connectivity index (χ4n) is 9.11. The van der Waals surface area contributed by atoms with Crippen molar-refractivity contribution >= 4 is 28.4 Å². The van der Waals surface area contributed by atoms with Gasteiger partial charge in [0.15, 0.2) is 0 Å². The van der Waals surface area contributed by atoms with Crippen LogP contribution < -0.4 is 9.05 Å². The zero-order valence-electron chi connectivity index (χ0n) is 46.8. The van der Waals surface area contributed by atoms with Gasteiger partial charge in [-0.1, -0.05) is 202 Å². The molecule has 2 aromatic rings. The summed E-state index contributed by atoms with van der Waals surface area (Å²) in [4.78, 5) is 0. The number of hydrogen-bond acceptors (Lipinski definition) is 5. The molecule has 0 aromatic heterocycles. The van der Waals surface area contributed by atoms with E-state index >= 15 is 0 Å². The predicted molar refractivity (Wildman–Crippen MR) is 288 cm³/mol. The maximum absolute atomic E-state index is 7.44. The SMILES string of the molecule is C/C1=C2\CC(C(C)(C)C)=CC(C(C)(C)C)=C2OP(OP2OC3=C(C(C)(C)C)C=C(C(C)(C)C)C/C3=C(\C)c3cc(C(C)(C)C)cc(C(C)(C)C)c3O2)Oc2c1cc(C(C)(C)C)cc2C(C)(C)C. The van der Waals surface area contributed by atoms with Gasteiger partial charge in [-0.3, -0.25) is 0 Å². The van der Waals surface area contributed by atoms with E-state index in [0.717, 1.165) is 69.3 Å². The first-order valence-corrected chi connectivity index (χ1v) is 27.0. The zero-order valence-corrected chi connectivity index (χ0v) is 48.6. The molecular formula is C60H88O5P2. The molecule has 368 valence electrons. The summed E-state index contributed by atoms with van der Waals surface area (Å²) >= 11 is 0. The molecule has 2 unspecified atom stereocenters. The summed E-state index contributed by atoms with van der Waals surface area (Å²) < 4.78 is 37.1. The topological polar surface area (TPSA) is 46.2 Å². The summed E-state index contributed by atoms with van der Waals surface area (Å²) in [5, 5.41) is 0. The lowest BCUT2D eigenvalue weighted by Gasteiger charge is -2.39. The van der Waals surface area contributed by atoms with E-state index in [1.165, 1.54) is 44.6 Å². The first kappa shape index (κ1) is 53.3. The normalized spacial score (nSPS) is 22.6. The van der Waals surface area contributed by atoms with Crippen LogP contribution in [-0.4, -0.2) is 0 Å². The molecule has 5 nitrogen and oxygen atoms in total. The second kappa shape index (κ2) is 17.3. The van der Waals surface area contributed by atoms with Gasteiger partial charge in [-0.2, -0.15) is 4.31 Å². The lowest BCUT2D eigenvalue weighted by Crippen LogP contribution is -2.24. The van der Waals surface area contributed by atoms with Crippen LogP contribution in [0, 0.1) is 21.7 Å². The minimum absolute atomic E-state index is 0.0556. The molecule has 7 heteroatoms. The van der Waals surface area contributed by atoms with Crippen molar-refractivity contribution < 1.29 is 22.4 Å². The highest BCUT2D eigenvalue weighted by Gasteiger charge is 2.44. The third-order valence-corrected chi connectivity index (χ3v) is 16.4. The van der Waals surface area contributed by atoms with E-state index in [9.17, 15) is 0 Å². The van der Waals surface area contributed by atoms with Crippen LogP contribution in [0.5, 0.6) is 11.5 Å². The molecule has 2 atom stereocenters. The van der Waals surface area contributed by atoms with Crippen LogP contribution in [0.25, 0.3) is 11.1 Å². The molecule has 0 fully saturated rings. The summed E-state index contributed by atoms with van der Waals surface area (Å²) in [5.74, 6) is 3.27. The largest absolute Gasteiger partial charge is 0.472 e. The van der Waals surface area contributed by atoms with Crippen LogP contribution in [0.1, 0.15) is 226 Å². The Morgan fingerprint density at radius 1 is 0.388 bits per heavy atom. The van der Waals surface area contributed by atoms with Gasteiger partial charge in [0.05, 0.1) is 0 Å². The van der Waals surface area contributed by atoms with Gasteiger partial charge in [-0.05, 0) is 104 Å². The van der Waals surface area contributed by atoms with Gasteiger partial charge in [-0.15, -0.1) is 0 Å². The van der Waals surface area contributed by atoms with E-state index in [4.69, 9.17) is 22.4 Å². The molecule has 2 aliphatic carbocycles. The average molecular weight is 951 g/mol. The van der Waals surface area contributed by atoms with Gasteiger partial charge >= 0.3 is 17.2 Å². The average Bonchev–Trinajstić information content (AvgIpc) is 3.12. The quantitative estimate of drug-likeness (QED) is 0.281. The Morgan fingerprint density at radius 3 is 0.955 bits per heavy atom. The van der Waals surface area contributed by atoms with Crippen molar-refractivity contribution in [3.8, 4) is 11.5 Å². The Balaban J connectivity index is 1.71. The van der Waals surface area contributed by atoms with E-state index in [0.29, 0.717) is 0 Å². The minimum Gasteiger partial charge on any atom is -0.417 e. The molecule has 0 saturated carbocycles. The molecule has 0 amide bonds. The van der Waals surface area contributed by atoms with Gasteiger partial charge in [0, 0.05) is 44.5 Å². The van der Waals surface area contributed by atoms with Crippen molar-refractivity contribution in [2.24, 2.45) is 21.7 Å². The Labute approximate surface area is 411 Å². The van der Waals surface area contributed by atoms with E-state index < -0.39 is 17.2 Å². The molecule has 2 heterocycles.